The summed E-state index contributed by atoms with van der Waals surface area (Å²) in [5, 5.41) is 2.59. The Kier molecular flexibility index (Phi) is 6.41. The van der Waals surface area contributed by atoms with Crippen molar-refractivity contribution in [3.05, 3.63) is 29.3 Å². The van der Waals surface area contributed by atoms with Crippen molar-refractivity contribution in [1.29, 1.82) is 0 Å². The molecular formula is C18H27N3O4S. The van der Waals surface area contributed by atoms with E-state index in [1.807, 2.05) is 19.0 Å². The van der Waals surface area contributed by atoms with E-state index in [1.54, 1.807) is 25.1 Å². The second-order valence-electron chi connectivity index (χ2n) is 7.32. The number of nitrogens with one attached hydrogen (secondary N) is 1. The highest BCUT2D eigenvalue weighted by Crippen LogP contribution is 2.22. The smallest absolute Gasteiger partial charge is 0.253 e. The molecule has 2 amide bonds. The lowest BCUT2D eigenvalue weighted by molar-refractivity contribution is -0.113. The van der Waals surface area contributed by atoms with Gasteiger partial charge in [-0.2, -0.15) is 0 Å². The van der Waals surface area contributed by atoms with Crippen LogP contribution in [0.3, 0.4) is 0 Å². The van der Waals surface area contributed by atoms with Crippen LogP contribution in [-0.4, -0.2) is 75.8 Å². The summed E-state index contributed by atoms with van der Waals surface area (Å²) in [6.45, 7) is 4.19. The third-order valence-corrected chi connectivity index (χ3v) is 5.13. The first-order valence-electron chi connectivity index (χ1n) is 8.57. The number of benzene rings is 1. The highest BCUT2D eigenvalue weighted by molar-refractivity contribution is 7.91. The quantitative estimate of drug-likeness (QED) is 0.794. The zero-order chi connectivity index (χ0) is 19.5. The summed E-state index contributed by atoms with van der Waals surface area (Å²) in [6.07, 6.45) is 1.99. The predicted octanol–water partition coefficient (Wildman–Crippen LogP) is 1.00. The molecule has 0 radical (unpaired) electrons. The lowest BCUT2D eigenvalue weighted by Crippen LogP contribution is -2.31. The van der Waals surface area contributed by atoms with Gasteiger partial charge in [0.15, 0.2) is 9.84 Å². The fourth-order valence-corrected chi connectivity index (χ4v) is 3.73. The Morgan fingerprint density at radius 1 is 1.31 bits per heavy atom. The number of carbonyl (C=O) groups is 2. The molecule has 1 aromatic rings. The van der Waals surface area contributed by atoms with Crippen molar-refractivity contribution >= 4 is 27.3 Å². The number of rotatable bonds is 6. The summed E-state index contributed by atoms with van der Waals surface area (Å²) in [4.78, 5) is 28.6. The van der Waals surface area contributed by atoms with Gasteiger partial charge in [0, 0.05) is 37.1 Å². The van der Waals surface area contributed by atoms with Gasteiger partial charge in [0.2, 0.25) is 5.91 Å². The van der Waals surface area contributed by atoms with Crippen LogP contribution < -0.4 is 5.32 Å². The summed E-state index contributed by atoms with van der Waals surface area (Å²) in [6, 6.07) is 5.12. The molecule has 1 unspecified atom stereocenters. The van der Waals surface area contributed by atoms with E-state index in [4.69, 9.17) is 0 Å². The van der Waals surface area contributed by atoms with E-state index in [0.717, 1.165) is 37.9 Å². The number of hydrogen-bond acceptors (Lipinski definition) is 5. The van der Waals surface area contributed by atoms with Gasteiger partial charge < -0.3 is 15.1 Å². The van der Waals surface area contributed by atoms with Crippen molar-refractivity contribution in [3.63, 3.8) is 0 Å². The molecule has 1 saturated heterocycles. The minimum Gasteiger partial charge on any atom is -0.338 e. The molecule has 144 valence electrons. The number of sulfone groups is 1. The maximum Gasteiger partial charge on any atom is 0.253 e. The van der Waals surface area contributed by atoms with Gasteiger partial charge in [-0.15, -0.1) is 0 Å². The molecule has 0 bridgehead atoms. The van der Waals surface area contributed by atoms with Crippen LogP contribution in [-0.2, 0) is 14.6 Å². The minimum absolute atomic E-state index is 0.0649. The van der Waals surface area contributed by atoms with Gasteiger partial charge in [0.05, 0.1) is 0 Å². The largest absolute Gasteiger partial charge is 0.338 e. The van der Waals surface area contributed by atoms with Crippen molar-refractivity contribution in [2.24, 2.45) is 5.92 Å². The molecule has 1 aliphatic rings. The molecular weight excluding hydrogens is 354 g/mol. The predicted molar refractivity (Wildman–Crippen MR) is 102 cm³/mol. The van der Waals surface area contributed by atoms with Crippen molar-refractivity contribution in [2.45, 2.75) is 13.3 Å². The summed E-state index contributed by atoms with van der Waals surface area (Å²) in [5.74, 6) is -0.784. The molecule has 1 aliphatic heterocycles. The van der Waals surface area contributed by atoms with Gasteiger partial charge in [-0.1, -0.05) is 6.07 Å². The third kappa shape index (κ3) is 5.81. The Balaban J connectivity index is 2.09. The average Bonchev–Trinajstić information content (AvgIpc) is 2.94. The van der Waals surface area contributed by atoms with Gasteiger partial charge in [0.25, 0.3) is 5.91 Å². The number of amides is 2. The van der Waals surface area contributed by atoms with E-state index in [1.165, 1.54) is 0 Å². The average molecular weight is 381 g/mol. The second-order valence-corrected chi connectivity index (χ2v) is 9.46. The SMILES string of the molecule is Cc1ccc(C(=O)N2CCC(CN(C)C)C2)cc1NC(=O)CS(C)(=O)=O. The van der Waals surface area contributed by atoms with E-state index in [-0.39, 0.29) is 5.91 Å². The topological polar surface area (TPSA) is 86.8 Å². The van der Waals surface area contributed by atoms with Crippen LogP contribution in [0.4, 0.5) is 5.69 Å². The first-order valence-corrected chi connectivity index (χ1v) is 10.6. The zero-order valence-electron chi connectivity index (χ0n) is 15.8. The molecule has 1 N–H and O–H groups in total. The van der Waals surface area contributed by atoms with E-state index >= 15 is 0 Å². The van der Waals surface area contributed by atoms with Gasteiger partial charge in [-0.25, -0.2) is 8.42 Å². The fraction of sp³-hybridized carbons (Fsp3) is 0.556. The summed E-state index contributed by atoms with van der Waals surface area (Å²) >= 11 is 0. The van der Waals surface area contributed by atoms with E-state index < -0.39 is 21.5 Å². The third-order valence-electron chi connectivity index (χ3n) is 4.35. The van der Waals surface area contributed by atoms with Crippen LogP contribution in [0.5, 0.6) is 0 Å². The highest BCUT2D eigenvalue weighted by atomic mass is 32.2. The number of aryl methyl sites for hydroxylation is 1. The summed E-state index contributed by atoms with van der Waals surface area (Å²) in [7, 11) is 0.644. The van der Waals surface area contributed by atoms with Gasteiger partial charge in [-0.05, 0) is 51.1 Å². The fourth-order valence-electron chi connectivity index (χ4n) is 3.18. The van der Waals surface area contributed by atoms with Crippen molar-refractivity contribution in [1.82, 2.24) is 9.80 Å². The number of anilines is 1. The van der Waals surface area contributed by atoms with Crippen LogP contribution in [0.1, 0.15) is 22.3 Å². The number of hydrogen-bond donors (Lipinski definition) is 1. The molecule has 0 saturated carbocycles. The maximum atomic E-state index is 12.8. The van der Waals surface area contributed by atoms with Crippen molar-refractivity contribution in [2.75, 3.05) is 51.1 Å². The van der Waals surface area contributed by atoms with Crippen LogP contribution in [0.25, 0.3) is 0 Å². The molecule has 1 heterocycles. The molecule has 7 nitrogen and oxygen atoms in total. The lowest BCUT2D eigenvalue weighted by Gasteiger charge is -2.19. The summed E-state index contributed by atoms with van der Waals surface area (Å²) < 4.78 is 22.5. The van der Waals surface area contributed by atoms with Crippen LogP contribution in [0.2, 0.25) is 0 Å². The molecule has 0 aromatic heterocycles. The number of nitrogens with zero attached hydrogens (tertiary/aromatic N) is 2. The Morgan fingerprint density at radius 3 is 2.62 bits per heavy atom. The molecule has 26 heavy (non-hydrogen) atoms. The summed E-state index contributed by atoms with van der Waals surface area (Å²) in [5.41, 5.74) is 1.74. The van der Waals surface area contributed by atoms with Crippen molar-refractivity contribution in [3.8, 4) is 0 Å². The van der Waals surface area contributed by atoms with Crippen LogP contribution in [0, 0.1) is 12.8 Å². The molecule has 2 rings (SSSR count). The second kappa shape index (κ2) is 8.18. The van der Waals surface area contributed by atoms with Gasteiger partial charge >= 0.3 is 0 Å². The molecule has 0 aliphatic carbocycles. The number of likely N-dealkylation sites (tertiary alicyclic amines) is 1. The van der Waals surface area contributed by atoms with Gasteiger partial charge in [0.1, 0.15) is 5.75 Å². The number of carbonyl (C=O) groups excluding carboxylic acids is 2. The zero-order valence-corrected chi connectivity index (χ0v) is 16.6. The van der Waals surface area contributed by atoms with E-state index in [0.29, 0.717) is 17.2 Å². The first-order chi connectivity index (χ1) is 12.0. The van der Waals surface area contributed by atoms with Crippen LogP contribution in [0.15, 0.2) is 18.2 Å². The highest BCUT2D eigenvalue weighted by Gasteiger charge is 2.27. The lowest BCUT2D eigenvalue weighted by atomic mass is 10.1. The van der Waals surface area contributed by atoms with Crippen LogP contribution >= 0.6 is 0 Å². The minimum atomic E-state index is -3.40. The Hall–Kier alpha value is -1.93. The van der Waals surface area contributed by atoms with E-state index in [9.17, 15) is 18.0 Å². The van der Waals surface area contributed by atoms with Gasteiger partial charge in [-0.3, -0.25) is 9.59 Å². The Labute approximate surface area is 155 Å². The maximum absolute atomic E-state index is 12.8. The standard InChI is InChI=1S/C18H27N3O4S/c1-13-5-6-15(9-16(13)19-17(22)12-26(4,24)25)18(23)21-8-7-14(11-21)10-20(2)3/h5-6,9,14H,7-8,10-12H2,1-4H3,(H,19,22). The Bertz CT molecular complexity index is 790. The molecule has 1 fully saturated rings. The molecule has 8 heteroatoms. The van der Waals surface area contributed by atoms with Crippen molar-refractivity contribution < 1.29 is 18.0 Å². The molecule has 0 spiro atoms. The molecule has 1 aromatic carbocycles. The van der Waals surface area contributed by atoms with E-state index in [2.05, 4.69) is 10.2 Å². The first kappa shape index (κ1) is 20.4. The molecule has 1 atom stereocenters. The monoisotopic (exact) mass is 381 g/mol. The normalized spacial score (nSPS) is 17.6. The Morgan fingerprint density at radius 2 is 2.00 bits per heavy atom.